The Kier molecular flexibility index (Phi) is 3.81. The molecule has 1 fully saturated rings. The Morgan fingerprint density at radius 2 is 2.05 bits per heavy atom. The summed E-state index contributed by atoms with van der Waals surface area (Å²) in [6, 6.07) is 6.77. The standard InChI is InChI=1S/C15H17FN2OS/c1-9-14(20-15(19)18-9)13-8-17-7-6-12(13)10-2-4-11(16)5-3-10/h2-6,9,13-14,17H,7-8H2,1H3,(H,18,19). The largest absolute Gasteiger partial charge is 0.343 e. The van der Waals surface area contributed by atoms with Gasteiger partial charge in [-0.25, -0.2) is 4.39 Å². The Morgan fingerprint density at radius 3 is 2.70 bits per heavy atom. The van der Waals surface area contributed by atoms with Gasteiger partial charge in [0.1, 0.15) is 5.82 Å². The van der Waals surface area contributed by atoms with Crippen molar-refractivity contribution >= 4 is 22.6 Å². The Labute approximate surface area is 122 Å². The number of halogens is 1. The lowest BCUT2D eigenvalue weighted by atomic mass is 9.85. The van der Waals surface area contributed by atoms with Crippen molar-refractivity contribution in [1.29, 1.82) is 0 Å². The first-order valence-electron chi connectivity index (χ1n) is 6.79. The summed E-state index contributed by atoms with van der Waals surface area (Å²) >= 11 is 1.38. The van der Waals surface area contributed by atoms with Gasteiger partial charge in [-0.15, -0.1) is 0 Å². The van der Waals surface area contributed by atoms with Gasteiger partial charge in [0, 0.05) is 30.3 Å². The van der Waals surface area contributed by atoms with Crippen LogP contribution in [0.25, 0.3) is 5.57 Å². The number of hydrogen-bond acceptors (Lipinski definition) is 3. The number of thioether (sulfide) groups is 1. The number of rotatable bonds is 2. The third kappa shape index (κ3) is 2.60. The molecule has 0 aromatic heterocycles. The molecule has 0 aliphatic carbocycles. The summed E-state index contributed by atoms with van der Waals surface area (Å²) in [5.74, 6) is 0.0356. The summed E-state index contributed by atoms with van der Waals surface area (Å²) in [5, 5.41) is 6.57. The molecule has 0 saturated carbocycles. The highest BCUT2D eigenvalue weighted by Crippen LogP contribution is 2.38. The number of carbonyl (C=O) groups is 1. The van der Waals surface area contributed by atoms with Crippen molar-refractivity contribution in [2.45, 2.75) is 18.2 Å². The SMILES string of the molecule is CC1NC(=O)SC1C1CNCC=C1c1ccc(F)cc1. The van der Waals surface area contributed by atoms with E-state index in [2.05, 4.69) is 16.7 Å². The van der Waals surface area contributed by atoms with E-state index >= 15 is 0 Å². The number of benzene rings is 1. The van der Waals surface area contributed by atoms with Crippen molar-refractivity contribution in [3.8, 4) is 0 Å². The van der Waals surface area contributed by atoms with Gasteiger partial charge in [0.2, 0.25) is 0 Å². The van der Waals surface area contributed by atoms with E-state index in [1.165, 1.54) is 29.5 Å². The number of carbonyl (C=O) groups excluding carboxylic acids is 1. The molecule has 0 spiro atoms. The summed E-state index contributed by atoms with van der Waals surface area (Å²) in [5.41, 5.74) is 2.26. The fourth-order valence-corrected chi connectivity index (χ4v) is 4.09. The number of nitrogens with one attached hydrogen (secondary N) is 2. The van der Waals surface area contributed by atoms with Gasteiger partial charge >= 0.3 is 0 Å². The highest BCUT2D eigenvalue weighted by Gasteiger charge is 2.38. The van der Waals surface area contributed by atoms with Crippen LogP contribution in [0.1, 0.15) is 12.5 Å². The molecule has 3 unspecified atom stereocenters. The van der Waals surface area contributed by atoms with E-state index in [1.54, 1.807) is 0 Å². The number of amides is 1. The van der Waals surface area contributed by atoms with Crippen LogP contribution < -0.4 is 10.6 Å². The lowest BCUT2D eigenvalue weighted by molar-refractivity contribution is 0.260. The molecule has 3 rings (SSSR count). The van der Waals surface area contributed by atoms with Gasteiger partial charge in [0.15, 0.2) is 0 Å². The molecule has 1 amide bonds. The van der Waals surface area contributed by atoms with Gasteiger partial charge in [-0.1, -0.05) is 30.0 Å². The first-order chi connectivity index (χ1) is 9.65. The number of hydrogen-bond donors (Lipinski definition) is 2. The van der Waals surface area contributed by atoms with Crippen LogP contribution in [0.4, 0.5) is 9.18 Å². The molecular formula is C15H17FN2OS. The van der Waals surface area contributed by atoms with Crippen LogP contribution in [0.5, 0.6) is 0 Å². The third-order valence-corrected chi connectivity index (χ3v) is 5.23. The molecule has 2 heterocycles. The molecule has 1 saturated heterocycles. The highest BCUT2D eigenvalue weighted by atomic mass is 32.2. The first kappa shape index (κ1) is 13.6. The molecular weight excluding hydrogens is 275 g/mol. The fourth-order valence-electron chi connectivity index (χ4n) is 2.91. The molecule has 106 valence electrons. The Bertz CT molecular complexity index is 543. The monoisotopic (exact) mass is 292 g/mol. The van der Waals surface area contributed by atoms with Crippen LogP contribution in [0, 0.1) is 11.7 Å². The average Bonchev–Trinajstić information content (AvgIpc) is 2.78. The molecule has 2 aliphatic rings. The zero-order chi connectivity index (χ0) is 14.1. The van der Waals surface area contributed by atoms with E-state index in [1.807, 2.05) is 19.1 Å². The van der Waals surface area contributed by atoms with Gasteiger partial charge in [0.05, 0.1) is 0 Å². The topological polar surface area (TPSA) is 41.1 Å². The average molecular weight is 292 g/mol. The van der Waals surface area contributed by atoms with E-state index in [0.29, 0.717) is 0 Å². The molecule has 5 heteroatoms. The summed E-state index contributed by atoms with van der Waals surface area (Å²) < 4.78 is 13.1. The normalized spacial score (nSPS) is 30.0. The second-order valence-corrected chi connectivity index (χ2v) is 6.38. The second-order valence-electron chi connectivity index (χ2n) is 5.23. The molecule has 20 heavy (non-hydrogen) atoms. The lowest BCUT2D eigenvalue weighted by Gasteiger charge is -2.31. The van der Waals surface area contributed by atoms with Crippen LogP contribution in [0.15, 0.2) is 30.3 Å². The predicted octanol–water partition coefficient (Wildman–Crippen LogP) is 2.64. The van der Waals surface area contributed by atoms with Crippen LogP contribution in [0.2, 0.25) is 0 Å². The maximum atomic E-state index is 13.1. The van der Waals surface area contributed by atoms with Crippen molar-refractivity contribution in [2.75, 3.05) is 13.1 Å². The van der Waals surface area contributed by atoms with Crippen molar-refractivity contribution in [1.82, 2.24) is 10.6 Å². The molecule has 1 aromatic carbocycles. The maximum absolute atomic E-state index is 13.1. The smallest absolute Gasteiger partial charge is 0.279 e. The summed E-state index contributed by atoms with van der Waals surface area (Å²) in [6.45, 7) is 3.70. The van der Waals surface area contributed by atoms with Crippen molar-refractivity contribution in [2.24, 2.45) is 5.92 Å². The third-order valence-electron chi connectivity index (χ3n) is 3.89. The van der Waals surface area contributed by atoms with Crippen LogP contribution in [-0.4, -0.2) is 29.6 Å². The van der Waals surface area contributed by atoms with Crippen LogP contribution in [-0.2, 0) is 0 Å². The molecule has 3 atom stereocenters. The predicted molar refractivity (Wildman–Crippen MR) is 80.1 cm³/mol. The van der Waals surface area contributed by atoms with Gasteiger partial charge in [-0.3, -0.25) is 4.79 Å². The van der Waals surface area contributed by atoms with E-state index in [4.69, 9.17) is 0 Å². The quantitative estimate of drug-likeness (QED) is 0.880. The van der Waals surface area contributed by atoms with Crippen LogP contribution >= 0.6 is 11.8 Å². The van der Waals surface area contributed by atoms with E-state index in [0.717, 1.165) is 18.7 Å². The maximum Gasteiger partial charge on any atom is 0.279 e. The molecule has 0 bridgehead atoms. The van der Waals surface area contributed by atoms with E-state index < -0.39 is 0 Å². The molecule has 0 radical (unpaired) electrons. The minimum absolute atomic E-state index is 0.0477. The molecule has 3 nitrogen and oxygen atoms in total. The van der Waals surface area contributed by atoms with Gasteiger partial charge in [0.25, 0.3) is 5.24 Å². The Hall–Kier alpha value is -1.33. The summed E-state index contributed by atoms with van der Waals surface area (Å²) in [6.07, 6.45) is 2.15. The zero-order valence-electron chi connectivity index (χ0n) is 11.2. The lowest BCUT2D eigenvalue weighted by Crippen LogP contribution is -2.40. The van der Waals surface area contributed by atoms with Crippen molar-refractivity contribution < 1.29 is 9.18 Å². The minimum Gasteiger partial charge on any atom is -0.343 e. The molecule has 2 N–H and O–H groups in total. The summed E-state index contributed by atoms with van der Waals surface area (Å²) in [7, 11) is 0. The molecule has 2 aliphatic heterocycles. The second kappa shape index (κ2) is 5.58. The molecule has 1 aromatic rings. The first-order valence-corrected chi connectivity index (χ1v) is 7.67. The zero-order valence-corrected chi connectivity index (χ0v) is 12.0. The van der Waals surface area contributed by atoms with Gasteiger partial charge in [-0.05, 0) is 30.2 Å². The summed E-state index contributed by atoms with van der Waals surface area (Å²) in [4.78, 5) is 11.6. The van der Waals surface area contributed by atoms with Crippen molar-refractivity contribution in [3.05, 3.63) is 41.7 Å². The van der Waals surface area contributed by atoms with Crippen molar-refractivity contribution in [3.63, 3.8) is 0 Å². The minimum atomic E-state index is -0.222. The Morgan fingerprint density at radius 1 is 1.30 bits per heavy atom. The Balaban J connectivity index is 1.89. The van der Waals surface area contributed by atoms with E-state index in [-0.39, 0.29) is 28.3 Å². The van der Waals surface area contributed by atoms with Crippen LogP contribution in [0.3, 0.4) is 0 Å². The highest BCUT2D eigenvalue weighted by molar-refractivity contribution is 8.14. The van der Waals surface area contributed by atoms with Gasteiger partial charge in [-0.2, -0.15) is 0 Å². The van der Waals surface area contributed by atoms with E-state index in [9.17, 15) is 9.18 Å². The van der Waals surface area contributed by atoms with Gasteiger partial charge < -0.3 is 10.6 Å². The fraction of sp³-hybridized carbons (Fsp3) is 0.400.